The normalized spacial score (nSPS) is 20.9. The Hall–Kier alpha value is -3.29. The molecule has 7 nitrogen and oxygen atoms in total. The molecule has 0 saturated heterocycles. The number of urea groups is 2. The zero-order chi connectivity index (χ0) is 20.9. The first-order valence-electron chi connectivity index (χ1n) is 10.1. The summed E-state index contributed by atoms with van der Waals surface area (Å²) in [5.41, 5.74) is 2.61. The van der Waals surface area contributed by atoms with E-state index in [9.17, 15) is 14.0 Å². The number of anilines is 2. The van der Waals surface area contributed by atoms with Crippen LogP contribution < -0.4 is 20.7 Å². The van der Waals surface area contributed by atoms with Crippen molar-refractivity contribution >= 4 is 23.4 Å². The topological polar surface area (TPSA) is 82.7 Å². The molecule has 1 fully saturated rings. The lowest BCUT2D eigenvalue weighted by Gasteiger charge is -2.48. The molecule has 3 aliphatic rings. The van der Waals surface area contributed by atoms with Gasteiger partial charge in [0.25, 0.3) is 0 Å². The number of ether oxygens (including phenoxy) is 1. The Balaban J connectivity index is 1.33. The highest BCUT2D eigenvalue weighted by atomic mass is 19.1. The molecule has 0 aromatic heterocycles. The number of fused-ring (bicyclic) bond motifs is 2. The third-order valence-corrected chi connectivity index (χ3v) is 6.18. The lowest BCUT2D eigenvalue weighted by atomic mass is 9.73. The number of hydrogen-bond donors (Lipinski definition) is 3. The van der Waals surface area contributed by atoms with E-state index in [-0.39, 0.29) is 29.5 Å². The molecule has 5 rings (SSSR count). The summed E-state index contributed by atoms with van der Waals surface area (Å²) in [4.78, 5) is 26.2. The second-order valence-electron chi connectivity index (χ2n) is 8.33. The van der Waals surface area contributed by atoms with Crippen LogP contribution in [0.25, 0.3) is 0 Å². The summed E-state index contributed by atoms with van der Waals surface area (Å²) in [7, 11) is 1.72. The number of benzene rings is 2. The minimum Gasteiger partial charge on any atom is -0.487 e. The van der Waals surface area contributed by atoms with Crippen LogP contribution in [0, 0.1) is 5.82 Å². The summed E-state index contributed by atoms with van der Waals surface area (Å²) in [6.07, 6.45) is 3.57. The second kappa shape index (κ2) is 6.90. The summed E-state index contributed by atoms with van der Waals surface area (Å²) >= 11 is 0. The van der Waals surface area contributed by atoms with Gasteiger partial charge in [0, 0.05) is 37.0 Å². The number of rotatable bonds is 2. The molecule has 8 heteroatoms. The molecular weight excluding hydrogens is 387 g/mol. The number of nitrogens with one attached hydrogen (secondary N) is 3. The van der Waals surface area contributed by atoms with E-state index in [1.807, 2.05) is 6.07 Å². The number of amides is 4. The second-order valence-corrected chi connectivity index (χ2v) is 8.33. The predicted molar refractivity (Wildman–Crippen MR) is 110 cm³/mol. The maximum atomic E-state index is 13.8. The fraction of sp³-hybridized carbons (Fsp3) is 0.364. The standard InChI is InChI=1S/C22H23FN4O3/c1-27-12-13-3-5-15(10-17(13)26-21(27)29)24-20(28)25-18-11-22(7-2-8-22)30-19-6-4-14(23)9-16(18)19/h3-6,9-10,18H,2,7-8,11-12H2,1H3,(H,26,29)(H2,24,25,28)/t18-/m0/s1. The van der Waals surface area contributed by atoms with Crippen molar-refractivity contribution in [3.63, 3.8) is 0 Å². The molecule has 0 radical (unpaired) electrons. The van der Waals surface area contributed by atoms with Crippen molar-refractivity contribution in [2.75, 3.05) is 17.7 Å². The van der Waals surface area contributed by atoms with Crippen LogP contribution in [0.15, 0.2) is 36.4 Å². The number of hydrogen-bond acceptors (Lipinski definition) is 3. The summed E-state index contributed by atoms with van der Waals surface area (Å²) < 4.78 is 20.0. The number of halogens is 1. The van der Waals surface area contributed by atoms with Crippen molar-refractivity contribution in [1.29, 1.82) is 0 Å². The molecule has 4 amide bonds. The summed E-state index contributed by atoms with van der Waals surface area (Å²) in [5, 5.41) is 8.61. The van der Waals surface area contributed by atoms with Crippen LogP contribution in [0.4, 0.5) is 25.4 Å². The maximum absolute atomic E-state index is 13.8. The Morgan fingerprint density at radius 2 is 2.10 bits per heavy atom. The first kappa shape index (κ1) is 18.7. The fourth-order valence-corrected chi connectivity index (χ4v) is 4.42. The number of nitrogens with zero attached hydrogens (tertiary/aromatic N) is 1. The van der Waals surface area contributed by atoms with Crippen LogP contribution in [-0.4, -0.2) is 29.6 Å². The summed E-state index contributed by atoms with van der Waals surface area (Å²) in [6, 6.07) is 8.96. The van der Waals surface area contributed by atoms with Gasteiger partial charge in [0.05, 0.1) is 6.04 Å². The van der Waals surface area contributed by atoms with E-state index in [0.29, 0.717) is 35.7 Å². The van der Waals surface area contributed by atoms with Gasteiger partial charge in [-0.2, -0.15) is 0 Å². The van der Waals surface area contributed by atoms with Crippen molar-refractivity contribution in [2.24, 2.45) is 0 Å². The highest BCUT2D eigenvalue weighted by molar-refractivity contribution is 5.95. The van der Waals surface area contributed by atoms with Gasteiger partial charge in [-0.15, -0.1) is 0 Å². The first-order valence-corrected chi connectivity index (χ1v) is 10.1. The maximum Gasteiger partial charge on any atom is 0.321 e. The molecule has 2 aliphatic heterocycles. The average Bonchev–Trinajstić information content (AvgIpc) is 2.68. The molecule has 0 unspecified atom stereocenters. The van der Waals surface area contributed by atoms with Gasteiger partial charge in [0.1, 0.15) is 17.2 Å². The van der Waals surface area contributed by atoms with Crippen LogP contribution in [0.3, 0.4) is 0 Å². The van der Waals surface area contributed by atoms with Crippen molar-refractivity contribution in [1.82, 2.24) is 10.2 Å². The van der Waals surface area contributed by atoms with E-state index < -0.39 is 0 Å². The zero-order valence-corrected chi connectivity index (χ0v) is 16.6. The van der Waals surface area contributed by atoms with Gasteiger partial charge < -0.3 is 25.6 Å². The SMILES string of the molecule is CN1Cc2ccc(NC(=O)N[C@H]3CC4(CCC4)Oc4ccc(F)cc43)cc2NC1=O. The molecule has 2 heterocycles. The van der Waals surface area contributed by atoms with Gasteiger partial charge in [-0.25, -0.2) is 14.0 Å². The Labute approximate surface area is 173 Å². The van der Waals surface area contributed by atoms with Gasteiger partial charge in [-0.1, -0.05) is 6.07 Å². The molecule has 30 heavy (non-hydrogen) atoms. The summed E-state index contributed by atoms with van der Waals surface area (Å²) in [6.45, 7) is 0.514. The largest absolute Gasteiger partial charge is 0.487 e. The number of carbonyl (C=O) groups is 2. The monoisotopic (exact) mass is 410 g/mol. The van der Waals surface area contributed by atoms with Gasteiger partial charge >= 0.3 is 12.1 Å². The summed E-state index contributed by atoms with van der Waals surface area (Å²) in [5.74, 6) is 0.276. The lowest BCUT2D eigenvalue weighted by Crippen LogP contribution is -2.50. The molecule has 156 valence electrons. The highest BCUT2D eigenvalue weighted by Gasteiger charge is 2.46. The molecule has 1 spiro atoms. The van der Waals surface area contributed by atoms with Gasteiger partial charge in [-0.05, 0) is 55.2 Å². The van der Waals surface area contributed by atoms with Crippen LogP contribution in [0.1, 0.15) is 42.9 Å². The third kappa shape index (κ3) is 3.32. The van der Waals surface area contributed by atoms with Gasteiger partial charge in [0.15, 0.2) is 0 Å². The van der Waals surface area contributed by atoms with Gasteiger partial charge in [-0.3, -0.25) is 0 Å². The van der Waals surface area contributed by atoms with Crippen molar-refractivity contribution < 1.29 is 18.7 Å². The van der Waals surface area contributed by atoms with Crippen LogP contribution >= 0.6 is 0 Å². The van der Waals surface area contributed by atoms with Crippen LogP contribution in [0.2, 0.25) is 0 Å². The van der Waals surface area contributed by atoms with Crippen molar-refractivity contribution in [3.8, 4) is 5.75 Å². The van der Waals surface area contributed by atoms with E-state index in [0.717, 1.165) is 24.8 Å². The van der Waals surface area contributed by atoms with E-state index in [4.69, 9.17) is 4.74 Å². The molecular formula is C22H23FN4O3. The lowest BCUT2D eigenvalue weighted by molar-refractivity contribution is -0.0355. The minimum absolute atomic E-state index is 0.185. The van der Waals surface area contributed by atoms with Crippen LogP contribution in [0.5, 0.6) is 5.75 Å². The highest BCUT2D eigenvalue weighted by Crippen LogP contribution is 2.48. The van der Waals surface area contributed by atoms with Crippen LogP contribution in [-0.2, 0) is 6.54 Å². The zero-order valence-electron chi connectivity index (χ0n) is 16.6. The van der Waals surface area contributed by atoms with Crippen molar-refractivity contribution in [2.45, 2.75) is 43.9 Å². The third-order valence-electron chi connectivity index (χ3n) is 6.18. The molecule has 2 aromatic carbocycles. The van der Waals surface area contributed by atoms with E-state index in [2.05, 4.69) is 16.0 Å². The van der Waals surface area contributed by atoms with Crippen molar-refractivity contribution in [3.05, 3.63) is 53.3 Å². The average molecular weight is 410 g/mol. The Morgan fingerprint density at radius 1 is 1.27 bits per heavy atom. The molecule has 3 N–H and O–H groups in total. The van der Waals surface area contributed by atoms with E-state index in [1.165, 1.54) is 12.1 Å². The van der Waals surface area contributed by atoms with E-state index >= 15 is 0 Å². The quantitative estimate of drug-likeness (QED) is 0.688. The molecule has 1 aliphatic carbocycles. The molecule has 1 atom stereocenters. The minimum atomic E-state index is -0.384. The smallest absolute Gasteiger partial charge is 0.321 e. The molecule has 2 aromatic rings. The van der Waals surface area contributed by atoms with E-state index in [1.54, 1.807) is 30.1 Å². The predicted octanol–water partition coefficient (Wildman–Crippen LogP) is 4.37. The molecule has 0 bridgehead atoms. The number of carbonyl (C=O) groups excluding carboxylic acids is 2. The Kier molecular flexibility index (Phi) is 4.30. The Morgan fingerprint density at radius 3 is 2.87 bits per heavy atom. The molecule has 1 saturated carbocycles. The fourth-order valence-electron chi connectivity index (χ4n) is 4.42. The van der Waals surface area contributed by atoms with Gasteiger partial charge in [0.2, 0.25) is 0 Å². The first-order chi connectivity index (χ1) is 14.4. The Bertz CT molecular complexity index is 1040.